The lowest BCUT2D eigenvalue weighted by Gasteiger charge is -2.34. The van der Waals surface area contributed by atoms with E-state index in [0.717, 1.165) is 19.4 Å². The summed E-state index contributed by atoms with van der Waals surface area (Å²) in [7, 11) is 2.07. The van der Waals surface area contributed by atoms with Crippen LogP contribution in [0.5, 0.6) is 0 Å². The summed E-state index contributed by atoms with van der Waals surface area (Å²) in [6.45, 7) is 9.49. The highest BCUT2D eigenvalue weighted by Crippen LogP contribution is 2.20. The average molecular weight is 200 g/mol. The fraction of sp³-hybridized carbons (Fsp3) is 1.00. The van der Waals surface area contributed by atoms with Gasteiger partial charge >= 0.3 is 0 Å². The molecular weight excluding hydrogens is 176 g/mol. The second-order valence-corrected chi connectivity index (χ2v) is 4.03. The molecule has 3 atom stereocenters. The summed E-state index contributed by atoms with van der Waals surface area (Å²) in [6, 6.07) is 0.238. The molecule has 0 N–H and O–H groups in total. The van der Waals surface area contributed by atoms with Crippen molar-refractivity contribution in [2.24, 2.45) is 11.1 Å². The number of rotatable bonds is 7. The molecule has 3 heteroatoms. The molecule has 0 saturated carbocycles. The summed E-state index contributed by atoms with van der Waals surface area (Å²) in [4.78, 5) is 13.0. The van der Waals surface area contributed by atoms with Crippen molar-refractivity contribution >= 4 is 0 Å². The highest BCUT2D eigenvalue weighted by molar-refractivity contribution is 4.85. The second kappa shape index (κ2) is 6.93. The topological polar surface area (TPSA) is 32.7 Å². The van der Waals surface area contributed by atoms with Crippen LogP contribution in [-0.2, 0) is 0 Å². The SMILES string of the molecule is CCC(C)C([C@@H](CC)N=O)N(C)CC. The molecule has 0 fully saturated rings. The molecule has 0 aliphatic carbocycles. The first-order chi connectivity index (χ1) is 6.62. The fourth-order valence-corrected chi connectivity index (χ4v) is 1.94. The zero-order valence-corrected chi connectivity index (χ0v) is 10.2. The third kappa shape index (κ3) is 3.37. The molecule has 14 heavy (non-hydrogen) atoms. The first-order valence-corrected chi connectivity index (χ1v) is 5.64. The Morgan fingerprint density at radius 1 is 1.21 bits per heavy atom. The minimum absolute atomic E-state index is 0.0603. The number of likely N-dealkylation sites (N-methyl/N-ethyl adjacent to an activating group) is 1. The number of nitroso groups, excluding NO2 is 1. The largest absolute Gasteiger partial charge is 0.301 e. The first kappa shape index (κ1) is 13.6. The van der Waals surface area contributed by atoms with Crippen molar-refractivity contribution in [2.75, 3.05) is 13.6 Å². The highest BCUT2D eigenvalue weighted by atomic mass is 16.3. The maximum atomic E-state index is 10.7. The summed E-state index contributed by atoms with van der Waals surface area (Å²) in [5.74, 6) is 0.530. The van der Waals surface area contributed by atoms with Crippen molar-refractivity contribution < 1.29 is 0 Å². The van der Waals surface area contributed by atoms with Crippen LogP contribution in [0.4, 0.5) is 0 Å². The molecule has 0 heterocycles. The van der Waals surface area contributed by atoms with E-state index in [1.807, 2.05) is 6.92 Å². The smallest absolute Gasteiger partial charge is 0.107 e. The molecule has 0 aromatic heterocycles. The molecule has 0 bridgehead atoms. The zero-order chi connectivity index (χ0) is 11.1. The third-order valence-corrected chi connectivity index (χ3v) is 3.18. The number of hydrogen-bond donors (Lipinski definition) is 0. The van der Waals surface area contributed by atoms with Crippen molar-refractivity contribution in [1.82, 2.24) is 4.90 Å². The summed E-state index contributed by atoms with van der Waals surface area (Å²) in [5, 5.41) is 3.25. The Labute approximate surface area is 87.8 Å². The van der Waals surface area contributed by atoms with Crippen LogP contribution in [0.25, 0.3) is 0 Å². The lowest BCUT2D eigenvalue weighted by atomic mass is 9.90. The van der Waals surface area contributed by atoms with Gasteiger partial charge in [-0.2, -0.15) is 4.91 Å². The quantitative estimate of drug-likeness (QED) is 0.592. The molecule has 0 spiro atoms. The Kier molecular flexibility index (Phi) is 6.71. The van der Waals surface area contributed by atoms with Crippen LogP contribution >= 0.6 is 0 Å². The van der Waals surface area contributed by atoms with Gasteiger partial charge in [0.1, 0.15) is 6.04 Å². The standard InChI is InChI=1S/C11H24N2O/c1-6-9(4)11(13(5)8-3)10(7-2)12-14/h9-11H,6-8H2,1-5H3/t9?,10-,11?/m1/s1. The van der Waals surface area contributed by atoms with Crippen LogP contribution in [0, 0.1) is 10.8 Å². The van der Waals surface area contributed by atoms with Crippen LogP contribution in [0.1, 0.15) is 40.5 Å². The van der Waals surface area contributed by atoms with E-state index in [1.165, 1.54) is 0 Å². The average Bonchev–Trinajstić information content (AvgIpc) is 2.23. The van der Waals surface area contributed by atoms with Crippen molar-refractivity contribution in [3.63, 3.8) is 0 Å². The monoisotopic (exact) mass is 200 g/mol. The lowest BCUT2D eigenvalue weighted by molar-refractivity contribution is 0.157. The van der Waals surface area contributed by atoms with Crippen LogP contribution in [0.3, 0.4) is 0 Å². The van der Waals surface area contributed by atoms with Gasteiger partial charge < -0.3 is 4.90 Å². The van der Waals surface area contributed by atoms with Gasteiger partial charge in [0.05, 0.1) is 0 Å². The van der Waals surface area contributed by atoms with Crippen molar-refractivity contribution in [1.29, 1.82) is 0 Å². The number of nitrogens with zero attached hydrogens (tertiary/aromatic N) is 2. The van der Waals surface area contributed by atoms with Crippen molar-refractivity contribution in [2.45, 2.75) is 52.6 Å². The molecule has 0 aromatic carbocycles. The van der Waals surface area contributed by atoms with E-state index in [2.05, 4.69) is 37.9 Å². The maximum Gasteiger partial charge on any atom is 0.107 e. The molecule has 0 aliphatic rings. The zero-order valence-electron chi connectivity index (χ0n) is 10.2. The summed E-state index contributed by atoms with van der Waals surface area (Å²) >= 11 is 0. The molecule has 3 nitrogen and oxygen atoms in total. The minimum Gasteiger partial charge on any atom is -0.301 e. The molecule has 2 unspecified atom stereocenters. The Balaban J connectivity index is 4.59. The van der Waals surface area contributed by atoms with E-state index in [1.54, 1.807) is 0 Å². The van der Waals surface area contributed by atoms with Gasteiger partial charge in [-0.3, -0.25) is 0 Å². The molecule has 0 aromatic rings. The van der Waals surface area contributed by atoms with E-state index in [9.17, 15) is 4.91 Å². The fourth-order valence-electron chi connectivity index (χ4n) is 1.94. The number of hydrogen-bond acceptors (Lipinski definition) is 3. The van der Waals surface area contributed by atoms with Gasteiger partial charge in [0.2, 0.25) is 0 Å². The Hall–Kier alpha value is -0.440. The van der Waals surface area contributed by atoms with Crippen molar-refractivity contribution in [3.8, 4) is 0 Å². The van der Waals surface area contributed by atoms with Crippen LogP contribution < -0.4 is 0 Å². The van der Waals surface area contributed by atoms with E-state index in [-0.39, 0.29) is 6.04 Å². The first-order valence-electron chi connectivity index (χ1n) is 5.64. The predicted molar refractivity (Wildman–Crippen MR) is 61.4 cm³/mol. The second-order valence-electron chi connectivity index (χ2n) is 4.03. The van der Waals surface area contributed by atoms with Gasteiger partial charge in [-0.05, 0) is 25.9 Å². The molecule has 0 amide bonds. The van der Waals surface area contributed by atoms with Crippen molar-refractivity contribution in [3.05, 3.63) is 4.91 Å². The maximum absolute atomic E-state index is 10.7. The van der Waals surface area contributed by atoms with Crippen LogP contribution in [0.15, 0.2) is 5.18 Å². The molecular formula is C11H24N2O. The minimum atomic E-state index is -0.0603. The molecule has 0 aliphatic heterocycles. The van der Waals surface area contributed by atoms with Crippen LogP contribution in [-0.4, -0.2) is 30.6 Å². The predicted octanol–water partition coefficient (Wildman–Crippen LogP) is 2.90. The van der Waals surface area contributed by atoms with E-state index >= 15 is 0 Å². The summed E-state index contributed by atoms with van der Waals surface area (Å²) in [6.07, 6.45) is 1.93. The van der Waals surface area contributed by atoms with Gasteiger partial charge in [-0.15, -0.1) is 0 Å². The van der Waals surface area contributed by atoms with Gasteiger partial charge in [-0.25, -0.2) is 0 Å². The summed E-state index contributed by atoms with van der Waals surface area (Å²) < 4.78 is 0. The van der Waals surface area contributed by atoms with E-state index in [0.29, 0.717) is 12.0 Å². The van der Waals surface area contributed by atoms with Gasteiger partial charge in [0.25, 0.3) is 0 Å². The van der Waals surface area contributed by atoms with Crippen LogP contribution in [0.2, 0.25) is 0 Å². The van der Waals surface area contributed by atoms with E-state index in [4.69, 9.17) is 0 Å². The summed E-state index contributed by atoms with van der Waals surface area (Å²) in [5.41, 5.74) is 0. The Bertz CT molecular complexity index is 151. The Morgan fingerprint density at radius 3 is 2.07 bits per heavy atom. The lowest BCUT2D eigenvalue weighted by Crippen LogP contribution is -2.44. The normalized spacial score (nSPS) is 17.9. The molecule has 84 valence electrons. The molecule has 0 rings (SSSR count). The van der Waals surface area contributed by atoms with Gasteiger partial charge in [0, 0.05) is 6.04 Å². The third-order valence-electron chi connectivity index (χ3n) is 3.18. The van der Waals surface area contributed by atoms with Gasteiger partial charge in [0.15, 0.2) is 0 Å². The highest BCUT2D eigenvalue weighted by Gasteiger charge is 2.28. The van der Waals surface area contributed by atoms with Gasteiger partial charge in [-0.1, -0.05) is 39.3 Å². The van der Waals surface area contributed by atoms with E-state index < -0.39 is 0 Å². The Morgan fingerprint density at radius 2 is 1.79 bits per heavy atom. The molecule has 0 radical (unpaired) electrons. The molecule has 0 saturated heterocycles.